The first-order chi connectivity index (χ1) is 8.91. The molecule has 18 heavy (non-hydrogen) atoms. The van der Waals surface area contributed by atoms with Crippen molar-refractivity contribution in [2.24, 2.45) is 0 Å². The third-order valence-corrected chi connectivity index (χ3v) is 4.66. The van der Waals surface area contributed by atoms with E-state index in [9.17, 15) is 0 Å². The third kappa shape index (κ3) is 16.6. The largest absolute Gasteiger partial charge is 1.00 e. The molecule has 0 aromatic rings. The Hall–Kier alpha value is 0.636. The second-order valence-electron chi connectivity index (χ2n) is 5.74. The van der Waals surface area contributed by atoms with E-state index < -0.39 is 0 Å². The van der Waals surface area contributed by atoms with Crippen LogP contribution in [-0.2, 0) is 0 Å². The molecule has 0 aromatic heterocycles. The van der Waals surface area contributed by atoms with E-state index in [1.54, 1.807) is 0 Å². The Bertz CT molecular complexity index is 127. The number of hydrogen-bond donors (Lipinski definition) is 0. The van der Waals surface area contributed by atoms with Crippen LogP contribution in [0.15, 0.2) is 0 Å². The number of unbranched alkanes of at least 4 members (excludes halogenated alkanes) is 14. The molecule has 108 valence electrons. The minimum atomic E-state index is 0. The van der Waals surface area contributed by atoms with Crippen LogP contribution in [-0.4, -0.2) is 18.6 Å². The van der Waals surface area contributed by atoms with Crippen molar-refractivity contribution in [1.29, 1.82) is 0 Å². The zero-order valence-electron chi connectivity index (χ0n) is 14.9. The maximum absolute atomic E-state index is 2.29. The Kier molecular flexibility index (Phi) is 18.3. The first-order valence-electron chi connectivity index (χ1n) is 8.62. The molecule has 0 saturated carbocycles. The smallest absolute Gasteiger partial charge is 1.00 e. The quantitative estimate of drug-likeness (QED) is 0.234. The van der Waals surface area contributed by atoms with Gasteiger partial charge >= 0.3 is 94.2 Å². The standard InChI is InChI=1S/C17H35.Ga.2H/c1-3-5-7-9-11-13-15-17-16-14-12-10-8-6-4-2;;;/h1,3-17H2,2H3;;;/q;+2;2*-1. The predicted octanol–water partition coefficient (Wildman–Crippen LogP) is 6.67. The molecule has 0 aromatic carbocycles. The van der Waals surface area contributed by atoms with Crippen LogP contribution in [0.4, 0.5) is 0 Å². The van der Waals surface area contributed by atoms with Crippen LogP contribution in [0.5, 0.6) is 0 Å². The van der Waals surface area contributed by atoms with Gasteiger partial charge in [0.2, 0.25) is 0 Å². The van der Waals surface area contributed by atoms with Crippen molar-refractivity contribution in [3.63, 3.8) is 0 Å². The molecule has 0 nitrogen and oxygen atoms in total. The van der Waals surface area contributed by atoms with Gasteiger partial charge in [-0.25, -0.2) is 0 Å². The molecule has 0 spiro atoms. The molecule has 0 aliphatic carbocycles. The molecule has 0 amide bonds. The molecule has 1 heteroatoms. The minimum absolute atomic E-state index is 0. The van der Waals surface area contributed by atoms with Crippen molar-refractivity contribution in [2.75, 3.05) is 0 Å². The zero-order valence-corrected chi connectivity index (χ0v) is 15.3. The summed E-state index contributed by atoms with van der Waals surface area (Å²) in [6, 6.07) is 0. The Morgan fingerprint density at radius 3 is 1.06 bits per heavy atom. The average Bonchev–Trinajstić information content (AvgIpc) is 2.39. The molecule has 0 unspecified atom stereocenters. The molecule has 0 heterocycles. The monoisotopic (exact) mass is 310 g/mol. The molecule has 0 rings (SSSR count). The van der Waals surface area contributed by atoms with Gasteiger partial charge in [0.1, 0.15) is 0 Å². The van der Waals surface area contributed by atoms with E-state index in [4.69, 9.17) is 0 Å². The third-order valence-electron chi connectivity index (χ3n) is 3.81. The van der Waals surface area contributed by atoms with E-state index in [0.29, 0.717) is 0 Å². The van der Waals surface area contributed by atoms with Crippen LogP contribution in [0.3, 0.4) is 0 Å². The van der Waals surface area contributed by atoms with Gasteiger partial charge in [-0.1, -0.05) is 32.6 Å². The van der Waals surface area contributed by atoms with Crippen molar-refractivity contribution in [1.82, 2.24) is 0 Å². The molecule has 0 radical (unpaired) electrons. The van der Waals surface area contributed by atoms with E-state index in [1.807, 2.05) is 18.6 Å². The van der Waals surface area contributed by atoms with Gasteiger partial charge in [-0.3, -0.25) is 0 Å². The predicted molar refractivity (Wildman–Crippen MR) is 87.7 cm³/mol. The fourth-order valence-corrected chi connectivity index (χ4v) is 3.12. The second-order valence-corrected chi connectivity index (χ2v) is 6.95. The maximum atomic E-state index is 2.29. The summed E-state index contributed by atoms with van der Waals surface area (Å²) >= 11 is 1.90. The van der Waals surface area contributed by atoms with Gasteiger partial charge in [0.25, 0.3) is 0 Å². The van der Waals surface area contributed by atoms with Crippen molar-refractivity contribution in [2.45, 2.75) is 108 Å². The summed E-state index contributed by atoms with van der Waals surface area (Å²) in [5, 5.41) is 0. The average molecular weight is 311 g/mol. The van der Waals surface area contributed by atoms with Crippen LogP contribution in [0.1, 0.15) is 106 Å². The normalized spacial score (nSPS) is 11.1. The maximum Gasteiger partial charge on any atom is -1.00 e. The fraction of sp³-hybridized carbons (Fsp3) is 1.00. The Morgan fingerprint density at radius 2 is 0.778 bits per heavy atom. The summed E-state index contributed by atoms with van der Waals surface area (Å²) in [5.41, 5.74) is 0. The minimum Gasteiger partial charge on any atom is -1.00 e. The number of rotatable bonds is 15. The number of hydrogen-bond acceptors (Lipinski definition) is 0. The van der Waals surface area contributed by atoms with Crippen LogP contribution < -0.4 is 0 Å². The fourth-order valence-electron chi connectivity index (χ4n) is 2.52. The Balaban J connectivity index is -0.00000144. The van der Waals surface area contributed by atoms with Gasteiger partial charge in [0, 0.05) is 0 Å². The topological polar surface area (TPSA) is 0 Å². The second kappa shape index (κ2) is 17.6. The molecule has 0 atom stereocenters. The molecule has 0 bridgehead atoms. The van der Waals surface area contributed by atoms with E-state index >= 15 is 0 Å². The first kappa shape index (κ1) is 18.6. The van der Waals surface area contributed by atoms with Crippen molar-refractivity contribution in [3.05, 3.63) is 0 Å². The van der Waals surface area contributed by atoms with Gasteiger partial charge in [-0.15, -0.1) is 0 Å². The van der Waals surface area contributed by atoms with E-state index in [0.717, 1.165) is 0 Å². The van der Waals surface area contributed by atoms with Crippen molar-refractivity contribution in [3.8, 4) is 0 Å². The summed E-state index contributed by atoms with van der Waals surface area (Å²) in [6.07, 6.45) is 22.1. The zero-order chi connectivity index (χ0) is 13.3. The van der Waals surface area contributed by atoms with Gasteiger partial charge < -0.3 is 2.85 Å². The molecule has 0 aliphatic rings. The van der Waals surface area contributed by atoms with Gasteiger partial charge in [0.05, 0.1) is 0 Å². The molecule has 0 aliphatic heterocycles. The molecule has 0 saturated heterocycles. The van der Waals surface area contributed by atoms with Gasteiger partial charge in [-0.2, -0.15) is 0 Å². The summed E-state index contributed by atoms with van der Waals surface area (Å²) in [7, 11) is 0. The summed E-state index contributed by atoms with van der Waals surface area (Å²) < 4.78 is 0. The molecule has 0 N–H and O–H groups in total. The SMILES string of the molecule is CCCCCCCCCCCCCCCC[CH2][Ga+2].[H-].[H-]. The Morgan fingerprint density at radius 1 is 0.500 bits per heavy atom. The van der Waals surface area contributed by atoms with Crippen LogP contribution >= 0.6 is 0 Å². The van der Waals surface area contributed by atoms with E-state index in [1.165, 1.54) is 101 Å². The van der Waals surface area contributed by atoms with E-state index in [-0.39, 0.29) is 2.85 Å². The molecular formula is C17H37Ga. The van der Waals surface area contributed by atoms with E-state index in [2.05, 4.69) is 6.92 Å². The summed E-state index contributed by atoms with van der Waals surface area (Å²) in [5.74, 6) is 0. The van der Waals surface area contributed by atoms with Crippen molar-refractivity contribution < 1.29 is 2.85 Å². The first-order valence-corrected chi connectivity index (χ1v) is 10.3. The molecular weight excluding hydrogens is 274 g/mol. The summed E-state index contributed by atoms with van der Waals surface area (Å²) in [4.78, 5) is 1.44. The summed E-state index contributed by atoms with van der Waals surface area (Å²) in [6.45, 7) is 2.29. The van der Waals surface area contributed by atoms with Gasteiger partial charge in [-0.05, 0) is 0 Å². The van der Waals surface area contributed by atoms with Crippen molar-refractivity contribution >= 4 is 18.6 Å². The Labute approximate surface area is 130 Å². The van der Waals surface area contributed by atoms with Crippen LogP contribution in [0.25, 0.3) is 0 Å². The van der Waals surface area contributed by atoms with Crippen LogP contribution in [0.2, 0.25) is 4.98 Å². The van der Waals surface area contributed by atoms with Crippen LogP contribution in [0, 0.1) is 0 Å². The van der Waals surface area contributed by atoms with Gasteiger partial charge in [0.15, 0.2) is 0 Å². The molecule has 0 fully saturated rings.